The third-order valence-corrected chi connectivity index (χ3v) is 3.63. The lowest BCUT2D eigenvalue weighted by molar-refractivity contribution is 0.397. The van der Waals surface area contributed by atoms with Crippen molar-refractivity contribution in [2.75, 3.05) is 13.7 Å². The standard InChI is InChI=1S/C14H18N4OS/c1-19-13-9-11(4-6-16-13)10-18-14(15)17-7-5-12-3-2-8-20-12/h2-4,6,8-9H,5,7,10H2,1H3,(H3,15,17,18). The number of aromatic nitrogens is 1. The SMILES string of the molecule is COc1cc(CN=C(N)NCCc2cccs2)ccn1. The number of pyridine rings is 1. The Labute approximate surface area is 122 Å². The molecule has 0 saturated carbocycles. The van der Waals surface area contributed by atoms with Gasteiger partial charge in [-0.2, -0.15) is 0 Å². The second-order valence-electron chi connectivity index (χ2n) is 4.16. The monoisotopic (exact) mass is 290 g/mol. The normalized spacial score (nSPS) is 11.3. The first-order chi connectivity index (χ1) is 9.78. The second kappa shape index (κ2) is 7.49. The zero-order chi connectivity index (χ0) is 14.2. The van der Waals surface area contributed by atoms with Gasteiger partial charge in [-0.05, 0) is 29.5 Å². The fourth-order valence-electron chi connectivity index (χ4n) is 1.66. The molecule has 20 heavy (non-hydrogen) atoms. The first-order valence-corrected chi connectivity index (χ1v) is 7.21. The van der Waals surface area contributed by atoms with Gasteiger partial charge in [-0.25, -0.2) is 9.98 Å². The highest BCUT2D eigenvalue weighted by Gasteiger charge is 1.98. The number of guanidine groups is 1. The fourth-order valence-corrected chi connectivity index (χ4v) is 2.37. The van der Waals surface area contributed by atoms with Crippen molar-refractivity contribution in [3.05, 3.63) is 46.3 Å². The van der Waals surface area contributed by atoms with Crippen LogP contribution in [0.2, 0.25) is 0 Å². The lowest BCUT2D eigenvalue weighted by Gasteiger charge is -2.05. The summed E-state index contributed by atoms with van der Waals surface area (Å²) >= 11 is 1.75. The van der Waals surface area contributed by atoms with Crippen LogP contribution >= 0.6 is 11.3 Å². The maximum Gasteiger partial charge on any atom is 0.213 e. The Morgan fingerprint density at radius 3 is 3.15 bits per heavy atom. The highest BCUT2D eigenvalue weighted by atomic mass is 32.1. The van der Waals surface area contributed by atoms with Crippen molar-refractivity contribution in [1.29, 1.82) is 0 Å². The molecule has 106 valence electrons. The average Bonchev–Trinajstić information content (AvgIpc) is 2.98. The fraction of sp³-hybridized carbons (Fsp3) is 0.286. The van der Waals surface area contributed by atoms with Crippen molar-refractivity contribution in [2.24, 2.45) is 10.7 Å². The quantitative estimate of drug-likeness (QED) is 0.628. The third kappa shape index (κ3) is 4.55. The number of thiophene rings is 1. The number of aliphatic imine (C=N–C) groups is 1. The Hall–Kier alpha value is -2.08. The number of nitrogens with two attached hydrogens (primary N) is 1. The van der Waals surface area contributed by atoms with E-state index in [9.17, 15) is 0 Å². The van der Waals surface area contributed by atoms with Crippen LogP contribution in [0.25, 0.3) is 0 Å². The van der Waals surface area contributed by atoms with Gasteiger partial charge < -0.3 is 15.8 Å². The smallest absolute Gasteiger partial charge is 0.213 e. The number of hydrogen-bond donors (Lipinski definition) is 2. The van der Waals surface area contributed by atoms with Gasteiger partial charge in [-0.1, -0.05) is 6.07 Å². The molecular formula is C14H18N4OS. The molecule has 6 heteroatoms. The molecule has 0 atom stereocenters. The second-order valence-corrected chi connectivity index (χ2v) is 5.20. The molecule has 0 aliphatic rings. The maximum atomic E-state index is 5.83. The number of nitrogens with one attached hydrogen (secondary N) is 1. The molecule has 0 aromatic carbocycles. The summed E-state index contributed by atoms with van der Waals surface area (Å²) < 4.78 is 5.06. The lowest BCUT2D eigenvalue weighted by Crippen LogP contribution is -2.33. The van der Waals surface area contributed by atoms with Gasteiger partial charge in [-0.3, -0.25) is 0 Å². The molecule has 2 aromatic heterocycles. The van der Waals surface area contributed by atoms with Gasteiger partial charge in [0.15, 0.2) is 5.96 Å². The highest BCUT2D eigenvalue weighted by molar-refractivity contribution is 7.09. The summed E-state index contributed by atoms with van der Waals surface area (Å²) in [6.07, 6.45) is 2.65. The lowest BCUT2D eigenvalue weighted by atomic mass is 10.3. The zero-order valence-corrected chi connectivity index (χ0v) is 12.2. The Kier molecular flexibility index (Phi) is 5.37. The minimum atomic E-state index is 0.456. The summed E-state index contributed by atoms with van der Waals surface area (Å²) in [5, 5.41) is 5.18. The van der Waals surface area contributed by atoms with Gasteiger partial charge in [0.25, 0.3) is 0 Å². The molecule has 0 radical (unpaired) electrons. The van der Waals surface area contributed by atoms with Crippen LogP contribution in [0, 0.1) is 0 Å². The Balaban J connectivity index is 1.78. The van der Waals surface area contributed by atoms with Crippen LogP contribution in [0.4, 0.5) is 0 Å². The van der Waals surface area contributed by atoms with E-state index in [0.717, 1.165) is 18.5 Å². The molecule has 0 unspecified atom stereocenters. The van der Waals surface area contributed by atoms with Crippen LogP contribution in [0.15, 0.2) is 40.8 Å². The summed E-state index contributed by atoms with van der Waals surface area (Å²) in [5.41, 5.74) is 6.84. The summed E-state index contributed by atoms with van der Waals surface area (Å²) in [4.78, 5) is 9.68. The van der Waals surface area contributed by atoms with E-state index < -0.39 is 0 Å². The minimum absolute atomic E-state index is 0.456. The number of nitrogens with zero attached hydrogens (tertiary/aromatic N) is 2. The van der Waals surface area contributed by atoms with Crippen molar-refractivity contribution in [2.45, 2.75) is 13.0 Å². The van der Waals surface area contributed by atoms with Gasteiger partial charge in [0.1, 0.15) is 0 Å². The molecule has 5 nitrogen and oxygen atoms in total. The third-order valence-electron chi connectivity index (χ3n) is 2.70. The number of hydrogen-bond acceptors (Lipinski definition) is 4. The molecule has 3 N–H and O–H groups in total. The minimum Gasteiger partial charge on any atom is -0.481 e. The van der Waals surface area contributed by atoms with Gasteiger partial charge in [0.2, 0.25) is 5.88 Å². The van der Waals surface area contributed by atoms with Crippen LogP contribution in [-0.2, 0) is 13.0 Å². The van der Waals surface area contributed by atoms with E-state index in [1.165, 1.54) is 4.88 Å². The molecule has 0 aliphatic carbocycles. The van der Waals surface area contributed by atoms with Gasteiger partial charge >= 0.3 is 0 Å². The molecule has 0 aliphatic heterocycles. The molecular weight excluding hydrogens is 272 g/mol. The molecule has 0 saturated heterocycles. The Morgan fingerprint density at radius 1 is 1.50 bits per heavy atom. The summed E-state index contributed by atoms with van der Waals surface area (Å²) in [6, 6.07) is 7.91. The first kappa shape index (κ1) is 14.3. The van der Waals surface area contributed by atoms with E-state index >= 15 is 0 Å². The molecule has 0 bridgehead atoms. The first-order valence-electron chi connectivity index (χ1n) is 6.33. The molecule has 2 rings (SSSR count). The van der Waals surface area contributed by atoms with E-state index in [1.54, 1.807) is 24.6 Å². The van der Waals surface area contributed by atoms with E-state index in [0.29, 0.717) is 18.4 Å². The predicted octanol–water partition coefficient (Wildman–Crippen LogP) is 1.80. The van der Waals surface area contributed by atoms with Crippen molar-refractivity contribution < 1.29 is 4.74 Å². The maximum absolute atomic E-state index is 5.83. The topological polar surface area (TPSA) is 72.5 Å². The summed E-state index contributed by atoms with van der Waals surface area (Å²) in [6.45, 7) is 1.30. The van der Waals surface area contributed by atoms with Crippen molar-refractivity contribution in [3.63, 3.8) is 0 Å². The Morgan fingerprint density at radius 2 is 2.40 bits per heavy atom. The number of rotatable bonds is 6. The number of ether oxygens (including phenoxy) is 1. The molecule has 2 heterocycles. The molecule has 0 fully saturated rings. The Bertz CT molecular complexity index is 554. The van der Waals surface area contributed by atoms with Crippen LogP contribution in [0.5, 0.6) is 5.88 Å². The van der Waals surface area contributed by atoms with Gasteiger partial charge in [0.05, 0.1) is 13.7 Å². The number of methoxy groups -OCH3 is 1. The predicted molar refractivity (Wildman–Crippen MR) is 82.1 cm³/mol. The molecule has 0 amide bonds. The van der Waals surface area contributed by atoms with Gasteiger partial charge in [0, 0.05) is 23.7 Å². The average molecular weight is 290 g/mol. The van der Waals surface area contributed by atoms with E-state index in [2.05, 4.69) is 26.7 Å². The highest BCUT2D eigenvalue weighted by Crippen LogP contribution is 2.09. The van der Waals surface area contributed by atoms with Crippen molar-refractivity contribution in [3.8, 4) is 5.88 Å². The molecule has 2 aromatic rings. The van der Waals surface area contributed by atoms with Crippen LogP contribution < -0.4 is 15.8 Å². The molecule has 0 spiro atoms. The largest absolute Gasteiger partial charge is 0.481 e. The van der Waals surface area contributed by atoms with E-state index in [4.69, 9.17) is 10.5 Å². The summed E-state index contributed by atoms with van der Waals surface area (Å²) in [7, 11) is 1.59. The van der Waals surface area contributed by atoms with Gasteiger partial charge in [-0.15, -0.1) is 11.3 Å². The summed E-state index contributed by atoms with van der Waals surface area (Å²) in [5.74, 6) is 1.04. The van der Waals surface area contributed by atoms with Crippen molar-refractivity contribution in [1.82, 2.24) is 10.3 Å². The van der Waals surface area contributed by atoms with Crippen LogP contribution in [0.3, 0.4) is 0 Å². The van der Waals surface area contributed by atoms with E-state index in [1.807, 2.05) is 18.2 Å². The zero-order valence-electron chi connectivity index (χ0n) is 11.4. The van der Waals surface area contributed by atoms with E-state index in [-0.39, 0.29) is 0 Å². The van der Waals surface area contributed by atoms with Crippen molar-refractivity contribution >= 4 is 17.3 Å². The van der Waals surface area contributed by atoms with Crippen LogP contribution in [0.1, 0.15) is 10.4 Å². The van der Waals surface area contributed by atoms with Crippen LogP contribution in [-0.4, -0.2) is 24.6 Å².